The number of allylic oxidation sites excluding steroid dienone is 1. The van der Waals surface area contributed by atoms with Crippen LogP contribution in [0.2, 0.25) is 0 Å². The molecule has 2 aliphatic rings. The van der Waals surface area contributed by atoms with Crippen molar-refractivity contribution in [3.63, 3.8) is 0 Å². The van der Waals surface area contributed by atoms with Crippen LogP contribution < -0.4 is 4.74 Å². The quantitative estimate of drug-likeness (QED) is 0.272. The van der Waals surface area contributed by atoms with E-state index in [1.165, 1.54) is 19.2 Å². The van der Waals surface area contributed by atoms with Crippen molar-refractivity contribution in [2.24, 2.45) is 5.92 Å². The van der Waals surface area contributed by atoms with Crippen molar-refractivity contribution in [3.8, 4) is 5.75 Å². The van der Waals surface area contributed by atoms with Gasteiger partial charge in [0.2, 0.25) is 0 Å². The monoisotopic (exact) mass is 567 g/mol. The van der Waals surface area contributed by atoms with Crippen LogP contribution in [0.1, 0.15) is 63.0 Å². The van der Waals surface area contributed by atoms with E-state index in [0.717, 1.165) is 54.4 Å². The van der Waals surface area contributed by atoms with E-state index in [9.17, 15) is 27.5 Å². The molecule has 3 aromatic carbocycles. The van der Waals surface area contributed by atoms with E-state index in [-0.39, 0.29) is 23.6 Å². The molecular weight excluding hydrogens is 534 g/mol. The zero-order chi connectivity index (χ0) is 29.1. The summed E-state index contributed by atoms with van der Waals surface area (Å²) in [5, 5.41) is 9.58. The number of halogens is 4. The SMILES string of the molecule is COc1cccc(C(F)(F)F)c1C1=C(c2ccc(CC3CN(CCCF)C3)cc2)c2ccc(C(=O)O)cc2CCC1. The molecule has 0 unspecified atom stereocenters. The third-order valence-electron chi connectivity index (χ3n) is 8.06. The van der Waals surface area contributed by atoms with Gasteiger partial charge in [-0.05, 0) is 95.7 Å². The number of carbonyl (C=O) groups is 1. The topological polar surface area (TPSA) is 49.8 Å². The van der Waals surface area contributed by atoms with Crippen LogP contribution in [-0.4, -0.2) is 49.4 Å². The van der Waals surface area contributed by atoms with Crippen molar-refractivity contribution in [2.75, 3.05) is 33.4 Å². The first-order valence-electron chi connectivity index (χ1n) is 13.9. The molecule has 8 heteroatoms. The second-order valence-electron chi connectivity index (χ2n) is 10.8. The maximum Gasteiger partial charge on any atom is 0.417 e. The standard InChI is InChI=1S/C33H33F4NO3/c1-41-29-8-3-7-28(33(35,36)37)31(29)27-6-2-5-24-18-25(32(39)40)13-14-26(24)30(27)23-11-9-21(10-12-23)17-22-19-38(20-22)16-4-15-34/h3,7-14,18,22H,2,4-6,15-17,19-20H2,1H3,(H,39,40). The molecule has 216 valence electrons. The molecule has 1 heterocycles. The maximum absolute atomic E-state index is 14.3. The number of alkyl halides is 4. The summed E-state index contributed by atoms with van der Waals surface area (Å²) in [4.78, 5) is 13.9. The van der Waals surface area contributed by atoms with Crippen LogP contribution >= 0.6 is 0 Å². The van der Waals surface area contributed by atoms with E-state index in [1.807, 2.05) is 24.3 Å². The number of carboxylic acids is 1. The minimum atomic E-state index is -4.59. The smallest absolute Gasteiger partial charge is 0.417 e. The zero-order valence-corrected chi connectivity index (χ0v) is 22.9. The van der Waals surface area contributed by atoms with Gasteiger partial charge in [0.1, 0.15) is 5.75 Å². The molecule has 0 amide bonds. The van der Waals surface area contributed by atoms with Gasteiger partial charge in [0.25, 0.3) is 0 Å². The van der Waals surface area contributed by atoms with Crippen LogP contribution in [0.25, 0.3) is 11.1 Å². The van der Waals surface area contributed by atoms with Gasteiger partial charge in [-0.25, -0.2) is 4.79 Å². The summed E-state index contributed by atoms with van der Waals surface area (Å²) < 4.78 is 60.9. The van der Waals surface area contributed by atoms with E-state index >= 15 is 0 Å². The van der Waals surface area contributed by atoms with Crippen LogP contribution in [0.4, 0.5) is 17.6 Å². The fraction of sp³-hybridized carbons (Fsp3) is 0.364. The molecule has 0 spiro atoms. The van der Waals surface area contributed by atoms with Crippen LogP contribution in [0.15, 0.2) is 60.7 Å². The molecule has 0 bridgehead atoms. The summed E-state index contributed by atoms with van der Waals surface area (Å²) in [5.74, 6) is -0.404. The van der Waals surface area contributed by atoms with Crippen molar-refractivity contribution in [1.29, 1.82) is 0 Å². The third-order valence-corrected chi connectivity index (χ3v) is 8.06. The van der Waals surface area contributed by atoms with Gasteiger partial charge in [0.05, 0.1) is 24.9 Å². The summed E-state index contributed by atoms with van der Waals surface area (Å²) >= 11 is 0. The molecule has 3 aromatic rings. The van der Waals surface area contributed by atoms with Crippen LogP contribution in [0.3, 0.4) is 0 Å². The Labute approximate surface area is 237 Å². The third kappa shape index (κ3) is 6.17. The summed E-state index contributed by atoms with van der Waals surface area (Å²) in [7, 11) is 1.37. The lowest BCUT2D eigenvalue weighted by Crippen LogP contribution is -2.47. The maximum atomic E-state index is 14.3. The minimum absolute atomic E-state index is 0.0274. The predicted octanol–water partition coefficient (Wildman–Crippen LogP) is 7.54. The van der Waals surface area contributed by atoms with E-state index in [0.29, 0.717) is 42.7 Å². The largest absolute Gasteiger partial charge is 0.496 e. The Morgan fingerprint density at radius 3 is 2.46 bits per heavy atom. The van der Waals surface area contributed by atoms with E-state index < -0.39 is 17.7 Å². The van der Waals surface area contributed by atoms with Gasteiger partial charge in [0.15, 0.2) is 0 Å². The Bertz CT molecular complexity index is 1440. The molecule has 5 rings (SSSR count). The first-order chi connectivity index (χ1) is 19.7. The molecule has 1 N–H and O–H groups in total. The molecule has 41 heavy (non-hydrogen) atoms. The number of rotatable bonds is 9. The summed E-state index contributed by atoms with van der Waals surface area (Å²) in [6.45, 7) is 2.34. The first-order valence-corrected chi connectivity index (χ1v) is 13.9. The highest BCUT2D eigenvalue weighted by Gasteiger charge is 2.37. The Balaban J connectivity index is 1.60. The lowest BCUT2D eigenvalue weighted by molar-refractivity contribution is -0.137. The number of likely N-dealkylation sites (tertiary alicyclic amines) is 1. The van der Waals surface area contributed by atoms with Crippen LogP contribution in [-0.2, 0) is 19.0 Å². The molecular formula is C33H33F4NO3. The number of hydrogen-bond acceptors (Lipinski definition) is 3. The fourth-order valence-corrected chi connectivity index (χ4v) is 6.16. The van der Waals surface area contributed by atoms with Crippen LogP contribution in [0, 0.1) is 5.92 Å². The Kier molecular flexibility index (Phi) is 8.50. The van der Waals surface area contributed by atoms with E-state index in [4.69, 9.17) is 4.74 Å². The highest BCUT2D eigenvalue weighted by atomic mass is 19.4. The van der Waals surface area contributed by atoms with Gasteiger partial charge in [-0.3, -0.25) is 4.39 Å². The first kappa shape index (κ1) is 28.9. The number of methoxy groups -OCH3 is 1. The molecule has 1 saturated heterocycles. The highest BCUT2D eigenvalue weighted by molar-refractivity contribution is 6.02. The molecule has 0 atom stereocenters. The molecule has 0 saturated carbocycles. The van der Waals surface area contributed by atoms with Crippen molar-refractivity contribution in [2.45, 2.75) is 38.3 Å². The van der Waals surface area contributed by atoms with Crippen molar-refractivity contribution < 1.29 is 32.2 Å². The molecule has 0 aromatic heterocycles. The molecule has 1 aliphatic heterocycles. The van der Waals surface area contributed by atoms with Gasteiger partial charge in [-0.2, -0.15) is 13.2 Å². The summed E-state index contributed by atoms with van der Waals surface area (Å²) in [5.41, 5.74) is 4.05. The number of hydrogen-bond donors (Lipinski definition) is 1. The second-order valence-corrected chi connectivity index (χ2v) is 10.8. The van der Waals surface area contributed by atoms with Gasteiger partial charge in [-0.1, -0.05) is 36.4 Å². The van der Waals surface area contributed by atoms with Gasteiger partial charge in [-0.15, -0.1) is 0 Å². The predicted molar refractivity (Wildman–Crippen MR) is 151 cm³/mol. The number of benzene rings is 3. The number of aromatic carboxylic acids is 1. The number of ether oxygens (including phenoxy) is 1. The fourth-order valence-electron chi connectivity index (χ4n) is 6.16. The number of carboxylic acid groups (broad SMARTS) is 1. The number of aryl methyl sites for hydroxylation is 1. The molecule has 1 aliphatic carbocycles. The normalized spacial score (nSPS) is 16.2. The Hall–Kier alpha value is -3.65. The summed E-state index contributed by atoms with van der Waals surface area (Å²) in [6.07, 6.45) is -1.69. The van der Waals surface area contributed by atoms with Crippen molar-refractivity contribution in [3.05, 3.63) is 99.6 Å². The minimum Gasteiger partial charge on any atom is -0.496 e. The zero-order valence-electron chi connectivity index (χ0n) is 22.9. The second kappa shape index (κ2) is 12.1. The average Bonchev–Trinajstić information content (AvgIpc) is 3.12. The van der Waals surface area contributed by atoms with Crippen LogP contribution in [0.5, 0.6) is 5.75 Å². The number of nitrogens with zero attached hydrogens (tertiary/aromatic N) is 1. The van der Waals surface area contributed by atoms with Gasteiger partial charge in [0, 0.05) is 25.2 Å². The van der Waals surface area contributed by atoms with E-state index in [2.05, 4.69) is 4.90 Å². The summed E-state index contributed by atoms with van der Waals surface area (Å²) in [6, 6.07) is 16.8. The van der Waals surface area contributed by atoms with Gasteiger partial charge >= 0.3 is 12.1 Å². The highest BCUT2D eigenvalue weighted by Crippen LogP contribution is 2.47. The lowest BCUT2D eigenvalue weighted by atomic mass is 9.84. The lowest BCUT2D eigenvalue weighted by Gasteiger charge is -2.39. The van der Waals surface area contributed by atoms with E-state index in [1.54, 1.807) is 18.2 Å². The Morgan fingerprint density at radius 1 is 1.05 bits per heavy atom. The molecule has 1 fully saturated rings. The number of fused-ring (bicyclic) bond motifs is 1. The Morgan fingerprint density at radius 2 is 1.80 bits per heavy atom. The molecule has 0 radical (unpaired) electrons. The van der Waals surface area contributed by atoms with Crippen molar-refractivity contribution in [1.82, 2.24) is 4.90 Å². The van der Waals surface area contributed by atoms with Crippen molar-refractivity contribution >= 4 is 17.1 Å². The molecule has 4 nitrogen and oxygen atoms in total. The average molecular weight is 568 g/mol. The van der Waals surface area contributed by atoms with Gasteiger partial charge < -0.3 is 14.7 Å².